The van der Waals surface area contributed by atoms with E-state index in [1.807, 2.05) is 0 Å². The minimum absolute atomic E-state index is 0.457. The topological polar surface area (TPSA) is 37.8 Å². The first-order chi connectivity index (χ1) is 7.77. The predicted octanol–water partition coefficient (Wildman–Crippen LogP) is 3.88. The molecule has 2 rings (SSSR count). The van der Waals surface area contributed by atoms with Crippen molar-refractivity contribution in [1.29, 1.82) is 0 Å². The molecule has 1 aliphatic carbocycles. The Hall–Kier alpha value is -0.350. The Morgan fingerprint density at radius 1 is 1.38 bits per heavy atom. The van der Waals surface area contributed by atoms with Crippen molar-refractivity contribution in [3.8, 4) is 0 Å². The molecule has 0 saturated heterocycles. The molecule has 0 unspecified atom stereocenters. The van der Waals surface area contributed by atoms with Gasteiger partial charge in [0.1, 0.15) is 17.3 Å². The van der Waals surface area contributed by atoms with Crippen molar-refractivity contribution in [1.82, 2.24) is 9.97 Å². The molecule has 1 aromatic heterocycles. The molecule has 0 bridgehead atoms. The van der Waals surface area contributed by atoms with Crippen LogP contribution in [-0.4, -0.2) is 16.5 Å². The molecule has 0 atom stereocenters. The predicted molar refractivity (Wildman–Crippen MR) is 69.8 cm³/mol. The van der Waals surface area contributed by atoms with Crippen molar-refractivity contribution >= 4 is 33.3 Å². The summed E-state index contributed by atoms with van der Waals surface area (Å²) in [4.78, 5) is 8.04. The van der Waals surface area contributed by atoms with Gasteiger partial charge in [-0.2, -0.15) is 0 Å². The summed E-state index contributed by atoms with van der Waals surface area (Å²) >= 11 is 9.26. The largest absolute Gasteiger partial charge is 0.369 e. The van der Waals surface area contributed by atoms with E-state index in [2.05, 4.69) is 31.2 Å². The van der Waals surface area contributed by atoms with Gasteiger partial charge in [0, 0.05) is 6.54 Å². The average molecular weight is 305 g/mol. The molecule has 1 saturated carbocycles. The lowest BCUT2D eigenvalue weighted by atomic mass is 10.0. The quantitative estimate of drug-likeness (QED) is 0.858. The molecule has 0 radical (unpaired) electrons. The van der Waals surface area contributed by atoms with Crippen LogP contribution in [0.2, 0.25) is 5.15 Å². The van der Waals surface area contributed by atoms with E-state index in [0.29, 0.717) is 5.15 Å². The fraction of sp³-hybridized carbons (Fsp3) is 0.636. The van der Waals surface area contributed by atoms with Crippen LogP contribution < -0.4 is 5.32 Å². The van der Waals surface area contributed by atoms with E-state index >= 15 is 0 Å². The van der Waals surface area contributed by atoms with Gasteiger partial charge in [0.15, 0.2) is 0 Å². The summed E-state index contributed by atoms with van der Waals surface area (Å²) in [7, 11) is 0. The molecule has 5 heteroatoms. The molecule has 1 fully saturated rings. The number of nitrogens with zero attached hydrogens (tertiary/aromatic N) is 2. The van der Waals surface area contributed by atoms with Crippen LogP contribution in [0.3, 0.4) is 0 Å². The Morgan fingerprint density at radius 3 is 2.88 bits per heavy atom. The number of nitrogens with one attached hydrogen (secondary N) is 1. The first-order valence-corrected chi connectivity index (χ1v) is 6.84. The summed E-state index contributed by atoms with van der Waals surface area (Å²) in [5.41, 5.74) is 0. The van der Waals surface area contributed by atoms with Gasteiger partial charge in [0.05, 0.1) is 4.47 Å². The zero-order valence-electron chi connectivity index (χ0n) is 9.05. The molecule has 0 aromatic carbocycles. The van der Waals surface area contributed by atoms with E-state index in [1.165, 1.54) is 38.4 Å². The van der Waals surface area contributed by atoms with Crippen molar-refractivity contribution in [2.24, 2.45) is 5.92 Å². The van der Waals surface area contributed by atoms with Crippen LogP contribution in [0.5, 0.6) is 0 Å². The zero-order valence-corrected chi connectivity index (χ0v) is 11.4. The summed E-state index contributed by atoms with van der Waals surface area (Å²) < 4.78 is 0.753. The summed E-state index contributed by atoms with van der Waals surface area (Å²) in [6, 6.07) is 0. The van der Waals surface area contributed by atoms with E-state index < -0.39 is 0 Å². The highest BCUT2D eigenvalue weighted by molar-refractivity contribution is 9.10. The number of rotatable bonds is 4. The minimum atomic E-state index is 0.457. The maximum Gasteiger partial charge on any atom is 0.148 e. The van der Waals surface area contributed by atoms with Crippen LogP contribution in [0.4, 0.5) is 5.82 Å². The lowest BCUT2D eigenvalue weighted by Crippen LogP contribution is -2.08. The molecule has 1 aromatic rings. The van der Waals surface area contributed by atoms with Crippen molar-refractivity contribution in [2.45, 2.75) is 32.1 Å². The Balaban J connectivity index is 1.82. The summed E-state index contributed by atoms with van der Waals surface area (Å²) in [5.74, 6) is 1.68. The summed E-state index contributed by atoms with van der Waals surface area (Å²) in [6.45, 7) is 0.955. The highest BCUT2D eigenvalue weighted by atomic mass is 79.9. The van der Waals surface area contributed by atoms with Crippen molar-refractivity contribution in [3.05, 3.63) is 16.0 Å². The van der Waals surface area contributed by atoms with Crippen molar-refractivity contribution < 1.29 is 0 Å². The fourth-order valence-corrected chi connectivity index (χ4v) is 2.64. The normalized spacial score (nSPS) is 16.6. The van der Waals surface area contributed by atoms with Gasteiger partial charge in [-0.05, 0) is 28.3 Å². The molecule has 88 valence electrons. The van der Waals surface area contributed by atoms with Crippen LogP contribution in [0, 0.1) is 5.92 Å². The van der Waals surface area contributed by atoms with E-state index in [0.717, 1.165) is 22.8 Å². The second-order valence-electron chi connectivity index (χ2n) is 4.19. The Labute approximate surface area is 109 Å². The SMILES string of the molecule is Clc1ncnc(NCCC2CCCC2)c1Br. The third kappa shape index (κ3) is 3.08. The first-order valence-electron chi connectivity index (χ1n) is 5.67. The first kappa shape index (κ1) is 12.1. The molecule has 0 aliphatic heterocycles. The van der Waals surface area contributed by atoms with Gasteiger partial charge in [-0.15, -0.1) is 0 Å². The Kier molecular flexibility index (Phi) is 4.41. The van der Waals surface area contributed by atoms with E-state index in [1.54, 1.807) is 0 Å². The monoisotopic (exact) mass is 303 g/mol. The Morgan fingerprint density at radius 2 is 2.12 bits per heavy atom. The summed E-state index contributed by atoms with van der Waals surface area (Å²) in [6.07, 6.45) is 8.25. The third-order valence-corrected chi connectivity index (χ3v) is 4.33. The molecule has 3 nitrogen and oxygen atoms in total. The molecular weight excluding hydrogens is 289 g/mol. The van der Waals surface area contributed by atoms with Gasteiger partial charge in [-0.3, -0.25) is 0 Å². The van der Waals surface area contributed by atoms with Crippen LogP contribution in [0.25, 0.3) is 0 Å². The molecule has 16 heavy (non-hydrogen) atoms. The maximum atomic E-state index is 5.88. The van der Waals surface area contributed by atoms with Gasteiger partial charge in [0.2, 0.25) is 0 Å². The number of anilines is 1. The zero-order chi connectivity index (χ0) is 11.4. The lowest BCUT2D eigenvalue weighted by Gasteiger charge is -2.11. The molecule has 1 N–H and O–H groups in total. The minimum Gasteiger partial charge on any atom is -0.369 e. The van der Waals surface area contributed by atoms with Crippen molar-refractivity contribution in [2.75, 3.05) is 11.9 Å². The van der Waals surface area contributed by atoms with E-state index in [9.17, 15) is 0 Å². The number of halogens is 2. The van der Waals surface area contributed by atoms with Gasteiger partial charge in [0.25, 0.3) is 0 Å². The van der Waals surface area contributed by atoms with Crippen LogP contribution in [0.1, 0.15) is 32.1 Å². The lowest BCUT2D eigenvalue weighted by molar-refractivity contribution is 0.518. The van der Waals surface area contributed by atoms with E-state index in [4.69, 9.17) is 11.6 Å². The number of hydrogen-bond donors (Lipinski definition) is 1. The van der Waals surface area contributed by atoms with Crippen molar-refractivity contribution in [3.63, 3.8) is 0 Å². The third-order valence-electron chi connectivity index (χ3n) is 3.07. The maximum absolute atomic E-state index is 5.88. The van der Waals surface area contributed by atoms with Crippen LogP contribution >= 0.6 is 27.5 Å². The van der Waals surface area contributed by atoms with Gasteiger partial charge in [-0.25, -0.2) is 9.97 Å². The highest BCUT2D eigenvalue weighted by Crippen LogP contribution is 2.29. The molecule has 0 spiro atoms. The average Bonchev–Trinajstić information content (AvgIpc) is 2.77. The van der Waals surface area contributed by atoms with Gasteiger partial charge < -0.3 is 5.32 Å². The Bertz CT molecular complexity index is 353. The smallest absolute Gasteiger partial charge is 0.148 e. The van der Waals surface area contributed by atoms with Gasteiger partial charge in [-0.1, -0.05) is 37.3 Å². The summed E-state index contributed by atoms with van der Waals surface area (Å²) in [5, 5.41) is 3.76. The second kappa shape index (κ2) is 5.82. The standard InChI is InChI=1S/C11H15BrClN3/c12-9-10(13)15-7-16-11(9)14-6-5-8-3-1-2-4-8/h7-8H,1-6H2,(H,14,15,16). The van der Waals surface area contributed by atoms with Crippen LogP contribution in [-0.2, 0) is 0 Å². The van der Waals surface area contributed by atoms with E-state index in [-0.39, 0.29) is 0 Å². The van der Waals surface area contributed by atoms with Gasteiger partial charge >= 0.3 is 0 Å². The number of hydrogen-bond acceptors (Lipinski definition) is 3. The molecule has 1 aliphatic rings. The molecule has 1 heterocycles. The molecular formula is C11H15BrClN3. The van der Waals surface area contributed by atoms with Crippen LogP contribution in [0.15, 0.2) is 10.8 Å². The highest BCUT2D eigenvalue weighted by Gasteiger charge is 2.14. The molecule has 0 amide bonds. The second-order valence-corrected chi connectivity index (χ2v) is 5.34. The fourth-order valence-electron chi connectivity index (χ4n) is 2.17. The number of aromatic nitrogens is 2.